The van der Waals surface area contributed by atoms with Crippen molar-refractivity contribution in [2.45, 2.75) is 45.2 Å². The first kappa shape index (κ1) is 15.0. The number of nitrogens with two attached hydrogens (primary N) is 1. The Labute approximate surface area is 114 Å². The Morgan fingerprint density at radius 3 is 2.56 bits per heavy atom. The molecule has 0 saturated heterocycles. The number of nitrogens with one attached hydrogen (secondary N) is 1. The summed E-state index contributed by atoms with van der Waals surface area (Å²) in [5.74, 6) is 0.0193. The lowest BCUT2D eigenvalue weighted by molar-refractivity contribution is -0.122. The molecule has 1 rings (SSSR count). The largest absolute Gasteiger partial charge is 0.353 e. The van der Waals surface area contributed by atoms with E-state index in [0.29, 0.717) is 6.42 Å². The second-order valence-corrected chi connectivity index (χ2v) is 5.11. The van der Waals surface area contributed by atoms with E-state index in [4.69, 9.17) is 17.3 Å². The quantitative estimate of drug-likeness (QED) is 0.833. The SMILES string of the molecule is CCC(N)CC(=O)NC(C)Cc1ccc(Cl)cc1. The van der Waals surface area contributed by atoms with E-state index >= 15 is 0 Å². The lowest BCUT2D eigenvalue weighted by Gasteiger charge is -2.15. The van der Waals surface area contributed by atoms with Crippen LogP contribution < -0.4 is 11.1 Å². The Hall–Kier alpha value is -1.06. The van der Waals surface area contributed by atoms with Gasteiger partial charge < -0.3 is 11.1 Å². The molecule has 2 atom stereocenters. The van der Waals surface area contributed by atoms with Crippen LogP contribution in [0.2, 0.25) is 5.02 Å². The van der Waals surface area contributed by atoms with Crippen LogP contribution in [0.25, 0.3) is 0 Å². The predicted molar refractivity (Wildman–Crippen MR) is 75.6 cm³/mol. The molecule has 18 heavy (non-hydrogen) atoms. The minimum Gasteiger partial charge on any atom is -0.353 e. The van der Waals surface area contributed by atoms with Crippen molar-refractivity contribution in [3.8, 4) is 0 Å². The molecule has 3 N–H and O–H groups in total. The summed E-state index contributed by atoms with van der Waals surface area (Å²) in [5.41, 5.74) is 6.90. The first-order chi connectivity index (χ1) is 8.51. The van der Waals surface area contributed by atoms with Gasteiger partial charge in [-0.1, -0.05) is 30.7 Å². The molecule has 4 heteroatoms. The molecule has 0 bridgehead atoms. The van der Waals surface area contributed by atoms with E-state index in [1.165, 1.54) is 0 Å². The van der Waals surface area contributed by atoms with Crippen LogP contribution in [-0.4, -0.2) is 18.0 Å². The maximum atomic E-state index is 11.7. The zero-order chi connectivity index (χ0) is 13.5. The fourth-order valence-electron chi connectivity index (χ4n) is 1.74. The van der Waals surface area contributed by atoms with Crippen molar-refractivity contribution in [3.05, 3.63) is 34.9 Å². The van der Waals surface area contributed by atoms with Crippen LogP contribution in [-0.2, 0) is 11.2 Å². The zero-order valence-electron chi connectivity index (χ0n) is 10.9. The maximum Gasteiger partial charge on any atom is 0.221 e. The average molecular weight is 269 g/mol. The highest BCUT2D eigenvalue weighted by atomic mass is 35.5. The minimum atomic E-state index is -0.0484. The van der Waals surface area contributed by atoms with Crippen LogP contribution in [0.1, 0.15) is 32.3 Å². The minimum absolute atomic E-state index is 0.0193. The number of halogens is 1. The third-order valence-corrected chi connectivity index (χ3v) is 3.09. The van der Waals surface area contributed by atoms with Gasteiger partial charge in [0.05, 0.1) is 0 Å². The molecule has 2 unspecified atom stereocenters. The highest BCUT2D eigenvalue weighted by Crippen LogP contribution is 2.11. The molecule has 3 nitrogen and oxygen atoms in total. The van der Waals surface area contributed by atoms with E-state index in [2.05, 4.69) is 5.32 Å². The van der Waals surface area contributed by atoms with Gasteiger partial charge in [-0.2, -0.15) is 0 Å². The van der Waals surface area contributed by atoms with Crippen molar-refractivity contribution in [3.63, 3.8) is 0 Å². The molecule has 1 aromatic carbocycles. The summed E-state index contributed by atoms with van der Waals surface area (Å²) in [6, 6.07) is 7.72. The fourth-order valence-corrected chi connectivity index (χ4v) is 1.87. The van der Waals surface area contributed by atoms with E-state index in [1.807, 2.05) is 38.1 Å². The summed E-state index contributed by atoms with van der Waals surface area (Å²) in [7, 11) is 0. The summed E-state index contributed by atoms with van der Waals surface area (Å²) < 4.78 is 0. The summed E-state index contributed by atoms with van der Waals surface area (Å²) in [6.07, 6.45) is 2.00. The van der Waals surface area contributed by atoms with Gasteiger partial charge in [0, 0.05) is 23.5 Å². The van der Waals surface area contributed by atoms with Gasteiger partial charge in [0.25, 0.3) is 0 Å². The highest BCUT2D eigenvalue weighted by Gasteiger charge is 2.11. The highest BCUT2D eigenvalue weighted by molar-refractivity contribution is 6.30. The predicted octanol–water partition coefficient (Wildman–Crippen LogP) is 2.51. The van der Waals surface area contributed by atoms with Crippen LogP contribution in [0.3, 0.4) is 0 Å². The monoisotopic (exact) mass is 268 g/mol. The number of rotatable bonds is 6. The van der Waals surface area contributed by atoms with Gasteiger partial charge in [-0.25, -0.2) is 0 Å². The second-order valence-electron chi connectivity index (χ2n) is 4.67. The normalized spacial score (nSPS) is 14.0. The molecule has 0 aliphatic carbocycles. The molecule has 0 fully saturated rings. The third-order valence-electron chi connectivity index (χ3n) is 2.83. The summed E-state index contributed by atoms with van der Waals surface area (Å²) >= 11 is 5.82. The number of benzene rings is 1. The number of hydrogen-bond donors (Lipinski definition) is 2. The first-order valence-electron chi connectivity index (χ1n) is 6.30. The Morgan fingerprint density at radius 1 is 1.39 bits per heavy atom. The molecule has 0 aliphatic rings. The van der Waals surface area contributed by atoms with Crippen molar-refractivity contribution in [1.29, 1.82) is 0 Å². The van der Waals surface area contributed by atoms with E-state index in [-0.39, 0.29) is 18.0 Å². The van der Waals surface area contributed by atoms with Crippen molar-refractivity contribution in [2.75, 3.05) is 0 Å². The molecule has 1 aromatic rings. The third kappa shape index (κ3) is 5.52. The van der Waals surface area contributed by atoms with Crippen molar-refractivity contribution in [2.24, 2.45) is 5.73 Å². The van der Waals surface area contributed by atoms with Crippen LogP contribution >= 0.6 is 11.6 Å². The molecule has 0 saturated carbocycles. The number of amides is 1. The van der Waals surface area contributed by atoms with Gasteiger partial charge in [0.1, 0.15) is 0 Å². The topological polar surface area (TPSA) is 55.1 Å². The second kappa shape index (κ2) is 7.39. The molecular weight excluding hydrogens is 248 g/mol. The lowest BCUT2D eigenvalue weighted by Crippen LogP contribution is -2.37. The summed E-state index contributed by atoms with van der Waals surface area (Å²) in [5, 5.41) is 3.68. The molecule has 100 valence electrons. The number of hydrogen-bond acceptors (Lipinski definition) is 2. The smallest absolute Gasteiger partial charge is 0.221 e. The van der Waals surface area contributed by atoms with E-state index < -0.39 is 0 Å². The Kier molecular flexibility index (Phi) is 6.16. The van der Waals surface area contributed by atoms with Gasteiger partial charge in [-0.15, -0.1) is 0 Å². The Morgan fingerprint density at radius 2 is 2.00 bits per heavy atom. The van der Waals surface area contributed by atoms with Crippen LogP contribution in [0.4, 0.5) is 0 Å². The number of carbonyl (C=O) groups is 1. The molecular formula is C14H21ClN2O. The van der Waals surface area contributed by atoms with Gasteiger partial charge in [0.15, 0.2) is 0 Å². The summed E-state index contributed by atoms with van der Waals surface area (Å²) in [4.78, 5) is 11.7. The molecule has 1 amide bonds. The molecule has 0 aromatic heterocycles. The average Bonchev–Trinajstić information content (AvgIpc) is 2.31. The van der Waals surface area contributed by atoms with Crippen LogP contribution in [0.15, 0.2) is 24.3 Å². The van der Waals surface area contributed by atoms with Gasteiger partial charge in [-0.05, 0) is 37.5 Å². The Balaban J connectivity index is 2.39. The maximum absolute atomic E-state index is 11.7. The van der Waals surface area contributed by atoms with Crippen LogP contribution in [0, 0.1) is 0 Å². The first-order valence-corrected chi connectivity index (χ1v) is 6.68. The molecule has 0 radical (unpaired) electrons. The number of carbonyl (C=O) groups excluding carboxylic acids is 1. The Bertz CT molecular complexity index is 378. The van der Waals surface area contributed by atoms with Gasteiger partial charge in [-0.3, -0.25) is 4.79 Å². The van der Waals surface area contributed by atoms with Crippen molar-refractivity contribution >= 4 is 17.5 Å². The fraction of sp³-hybridized carbons (Fsp3) is 0.500. The molecule has 0 heterocycles. The van der Waals surface area contributed by atoms with Crippen molar-refractivity contribution < 1.29 is 4.79 Å². The van der Waals surface area contributed by atoms with Crippen molar-refractivity contribution in [1.82, 2.24) is 5.32 Å². The van der Waals surface area contributed by atoms with E-state index in [1.54, 1.807) is 0 Å². The van der Waals surface area contributed by atoms with Gasteiger partial charge in [0.2, 0.25) is 5.91 Å². The lowest BCUT2D eigenvalue weighted by atomic mass is 10.1. The summed E-state index contributed by atoms with van der Waals surface area (Å²) in [6.45, 7) is 3.97. The van der Waals surface area contributed by atoms with Crippen LogP contribution in [0.5, 0.6) is 0 Å². The molecule has 0 aliphatic heterocycles. The molecule has 0 spiro atoms. The zero-order valence-corrected chi connectivity index (χ0v) is 11.7. The van der Waals surface area contributed by atoms with Gasteiger partial charge >= 0.3 is 0 Å². The van der Waals surface area contributed by atoms with E-state index in [9.17, 15) is 4.79 Å². The van der Waals surface area contributed by atoms with E-state index in [0.717, 1.165) is 23.4 Å². The standard InChI is InChI=1S/C14H21ClN2O/c1-3-13(16)9-14(18)17-10(2)8-11-4-6-12(15)7-5-11/h4-7,10,13H,3,8-9,16H2,1-2H3,(H,17,18).